The molecule has 0 aromatic heterocycles. The number of carbonyl (C=O) groups excluding carboxylic acids is 1. The molecule has 0 aliphatic carbocycles. The van der Waals surface area contributed by atoms with Crippen LogP contribution < -0.4 is 0 Å². The van der Waals surface area contributed by atoms with Crippen molar-refractivity contribution in [1.29, 1.82) is 5.26 Å². The van der Waals surface area contributed by atoms with Crippen LogP contribution in [-0.4, -0.2) is 12.6 Å². The summed E-state index contributed by atoms with van der Waals surface area (Å²) in [5.74, 6) is -0.408. The molecule has 0 amide bonds. The van der Waals surface area contributed by atoms with Gasteiger partial charge in [-0.25, -0.2) is 4.79 Å². The van der Waals surface area contributed by atoms with Gasteiger partial charge in [-0.1, -0.05) is 0 Å². The monoisotopic (exact) mass is 331 g/mol. The second kappa shape index (κ2) is 5.29. The molecule has 0 bridgehead atoms. The molecular formula is C10H7Br2NO2. The lowest BCUT2D eigenvalue weighted by molar-refractivity contribution is 0.0525. The highest BCUT2D eigenvalue weighted by atomic mass is 79.9. The Hall–Kier alpha value is -0.860. The molecule has 0 saturated carbocycles. The molecule has 0 fully saturated rings. The van der Waals surface area contributed by atoms with Gasteiger partial charge in [-0.05, 0) is 50.9 Å². The molecule has 0 atom stereocenters. The fraction of sp³-hybridized carbons (Fsp3) is 0.200. The average molecular weight is 333 g/mol. The van der Waals surface area contributed by atoms with E-state index in [1.165, 1.54) is 0 Å². The molecule has 0 aliphatic heterocycles. The summed E-state index contributed by atoms with van der Waals surface area (Å²) in [6, 6.07) is 5.14. The number of benzene rings is 1. The van der Waals surface area contributed by atoms with Crippen molar-refractivity contribution >= 4 is 37.8 Å². The third kappa shape index (κ3) is 2.58. The highest BCUT2D eigenvalue weighted by molar-refractivity contribution is 9.13. The number of carbonyl (C=O) groups is 1. The molecule has 0 N–H and O–H groups in total. The second-order valence-corrected chi connectivity index (χ2v) is 4.21. The van der Waals surface area contributed by atoms with Gasteiger partial charge in [0.15, 0.2) is 0 Å². The Balaban J connectivity index is 3.19. The number of nitrogens with zero attached hydrogens (tertiary/aromatic N) is 1. The lowest BCUT2D eigenvalue weighted by atomic mass is 10.1. The zero-order chi connectivity index (χ0) is 11.4. The summed E-state index contributed by atoms with van der Waals surface area (Å²) in [4.78, 5) is 11.5. The normalized spacial score (nSPS) is 9.47. The van der Waals surface area contributed by atoms with Gasteiger partial charge in [-0.15, -0.1) is 0 Å². The van der Waals surface area contributed by atoms with Crippen LogP contribution in [0, 0.1) is 11.3 Å². The molecule has 1 rings (SSSR count). The van der Waals surface area contributed by atoms with E-state index in [4.69, 9.17) is 10.00 Å². The van der Waals surface area contributed by atoms with Gasteiger partial charge in [-0.2, -0.15) is 5.26 Å². The van der Waals surface area contributed by atoms with Crippen LogP contribution in [0.4, 0.5) is 0 Å². The van der Waals surface area contributed by atoms with Gasteiger partial charge in [0.25, 0.3) is 0 Å². The van der Waals surface area contributed by atoms with Crippen molar-refractivity contribution in [3.63, 3.8) is 0 Å². The molecule has 78 valence electrons. The predicted octanol–water partition coefficient (Wildman–Crippen LogP) is 3.26. The third-order valence-electron chi connectivity index (χ3n) is 1.70. The van der Waals surface area contributed by atoms with Crippen molar-refractivity contribution in [2.45, 2.75) is 6.92 Å². The first-order valence-corrected chi connectivity index (χ1v) is 5.75. The third-order valence-corrected chi connectivity index (χ3v) is 3.88. The smallest absolute Gasteiger partial charge is 0.339 e. The van der Waals surface area contributed by atoms with Crippen LogP contribution in [0.3, 0.4) is 0 Å². The molecule has 0 heterocycles. The SMILES string of the molecule is CCOC(=O)c1ccc(C#N)c(Br)c1Br. The summed E-state index contributed by atoms with van der Waals surface area (Å²) >= 11 is 6.48. The Morgan fingerprint density at radius 2 is 2.13 bits per heavy atom. The van der Waals surface area contributed by atoms with Crippen molar-refractivity contribution in [3.8, 4) is 6.07 Å². The molecule has 1 aromatic rings. The predicted molar refractivity (Wildman–Crippen MR) is 62.5 cm³/mol. The number of nitriles is 1. The van der Waals surface area contributed by atoms with Crippen molar-refractivity contribution in [2.24, 2.45) is 0 Å². The van der Waals surface area contributed by atoms with Gasteiger partial charge in [0.05, 0.1) is 22.2 Å². The molecule has 0 saturated heterocycles. The number of rotatable bonds is 2. The zero-order valence-electron chi connectivity index (χ0n) is 7.88. The minimum Gasteiger partial charge on any atom is -0.462 e. The highest BCUT2D eigenvalue weighted by Crippen LogP contribution is 2.30. The zero-order valence-corrected chi connectivity index (χ0v) is 11.1. The fourth-order valence-corrected chi connectivity index (χ4v) is 1.94. The Labute approximate surface area is 104 Å². The number of hydrogen-bond donors (Lipinski definition) is 0. The van der Waals surface area contributed by atoms with Crippen molar-refractivity contribution in [1.82, 2.24) is 0 Å². The first-order valence-electron chi connectivity index (χ1n) is 4.17. The topological polar surface area (TPSA) is 50.1 Å². The maximum absolute atomic E-state index is 11.5. The number of hydrogen-bond acceptors (Lipinski definition) is 3. The van der Waals surface area contributed by atoms with E-state index < -0.39 is 5.97 Å². The van der Waals surface area contributed by atoms with Crippen LogP contribution in [0.1, 0.15) is 22.8 Å². The molecule has 0 spiro atoms. The first kappa shape index (κ1) is 12.2. The van der Waals surface area contributed by atoms with Gasteiger partial charge >= 0.3 is 5.97 Å². The summed E-state index contributed by atoms with van der Waals surface area (Å²) < 4.78 is 5.97. The minimum absolute atomic E-state index is 0.322. The Morgan fingerprint density at radius 3 is 2.67 bits per heavy atom. The summed E-state index contributed by atoms with van der Waals surface area (Å²) in [6.07, 6.45) is 0. The van der Waals surface area contributed by atoms with E-state index in [-0.39, 0.29) is 0 Å². The highest BCUT2D eigenvalue weighted by Gasteiger charge is 2.15. The van der Waals surface area contributed by atoms with E-state index >= 15 is 0 Å². The summed E-state index contributed by atoms with van der Waals surface area (Å²) in [7, 11) is 0. The van der Waals surface area contributed by atoms with Gasteiger partial charge < -0.3 is 4.74 Å². The summed E-state index contributed by atoms with van der Waals surface area (Å²) in [5.41, 5.74) is 0.873. The van der Waals surface area contributed by atoms with Crippen LogP contribution in [0.15, 0.2) is 21.1 Å². The quantitative estimate of drug-likeness (QED) is 0.781. The molecule has 1 aromatic carbocycles. The van der Waals surface area contributed by atoms with Gasteiger partial charge in [0, 0.05) is 4.47 Å². The minimum atomic E-state index is -0.408. The Bertz CT molecular complexity index is 438. The van der Waals surface area contributed by atoms with E-state index in [2.05, 4.69) is 31.9 Å². The second-order valence-electron chi connectivity index (χ2n) is 2.62. The maximum atomic E-state index is 11.5. The maximum Gasteiger partial charge on any atom is 0.339 e. The van der Waals surface area contributed by atoms with Crippen LogP contribution in [0.25, 0.3) is 0 Å². The van der Waals surface area contributed by atoms with E-state index in [9.17, 15) is 4.79 Å². The van der Waals surface area contributed by atoms with Crippen molar-refractivity contribution < 1.29 is 9.53 Å². The van der Waals surface area contributed by atoms with E-state index in [1.54, 1.807) is 19.1 Å². The number of halogens is 2. The average Bonchev–Trinajstić information content (AvgIpc) is 2.22. The standard InChI is InChI=1S/C10H7Br2NO2/c1-2-15-10(14)7-4-3-6(5-13)8(11)9(7)12/h3-4H,2H2,1H3. The number of ether oxygens (including phenoxy) is 1. The molecule has 0 aliphatic rings. The van der Waals surface area contributed by atoms with E-state index in [1.807, 2.05) is 6.07 Å². The molecular weight excluding hydrogens is 326 g/mol. The van der Waals surface area contributed by atoms with Crippen LogP contribution in [-0.2, 0) is 4.74 Å². The lowest BCUT2D eigenvalue weighted by Crippen LogP contribution is -2.06. The van der Waals surface area contributed by atoms with Gasteiger partial charge in [0.1, 0.15) is 6.07 Å². The molecule has 0 unspecified atom stereocenters. The molecule has 0 radical (unpaired) electrons. The van der Waals surface area contributed by atoms with E-state index in [0.717, 1.165) is 0 Å². The van der Waals surface area contributed by atoms with Crippen LogP contribution in [0.5, 0.6) is 0 Å². The summed E-state index contributed by atoms with van der Waals surface area (Å²) in [5, 5.41) is 8.76. The van der Waals surface area contributed by atoms with Gasteiger partial charge in [0.2, 0.25) is 0 Å². The van der Waals surface area contributed by atoms with Crippen molar-refractivity contribution in [2.75, 3.05) is 6.61 Å². The Morgan fingerprint density at radius 1 is 1.47 bits per heavy atom. The fourth-order valence-electron chi connectivity index (χ4n) is 1.00. The summed E-state index contributed by atoms with van der Waals surface area (Å²) in [6.45, 7) is 2.06. The lowest BCUT2D eigenvalue weighted by Gasteiger charge is -2.06. The molecule has 5 heteroatoms. The van der Waals surface area contributed by atoms with Crippen LogP contribution >= 0.6 is 31.9 Å². The first-order chi connectivity index (χ1) is 7.11. The Kier molecular flexibility index (Phi) is 4.30. The van der Waals surface area contributed by atoms with Crippen molar-refractivity contribution in [3.05, 3.63) is 32.2 Å². The van der Waals surface area contributed by atoms with Crippen LogP contribution in [0.2, 0.25) is 0 Å². The largest absolute Gasteiger partial charge is 0.462 e. The molecule has 15 heavy (non-hydrogen) atoms. The molecule has 3 nitrogen and oxygen atoms in total. The number of esters is 1. The van der Waals surface area contributed by atoms with Gasteiger partial charge in [-0.3, -0.25) is 0 Å². The van der Waals surface area contributed by atoms with E-state index in [0.29, 0.717) is 26.7 Å².